The van der Waals surface area contributed by atoms with Crippen molar-refractivity contribution >= 4 is 12.2 Å². The largest absolute Gasteiger partial charge is 0.508 e. The maximum Gasteiger partial charge on any atom is 0.229 e. The third kappa shape index (κ3) is 4.61. The van der Waals surface area contributed by atoms with Crippen molar-refractivity contribution < 1.29 is 40.1 Å². The Bertz CT molecular complexity index is 797. The summed E-state index contributed by atoms with van der Waals surface area (Å²) >= 11 is 0. The van der Waals surface area contributed by atoms with E-state index in [-0.39, 0.29) is 11.5 Å². The number of hydrogen-bond donors (Lipinski definition) is 6. The van der Waals surface area contributed by atoms with Gasteiger partial charge in [0.15, 0.2) is 0 Å². The fourth-order valence-corrected chi connectivity index (χ4v) is 2.86. The van der Waals surface area contributed by atoms with E-state index in [1.807, 2.05) is 0 Å². The summed E-state index contributed by atoms with van der Waals surface area (Å²) in [6, 6.07) is 11.0. The first kappa shape index (κ1) is 20.1. The number of phenols is 2. The Morgan fingerprint density at radius 3 is 2.04 bits per heavy atom. The molecule has 0 unspecified atom stereocenters. The molecule has 8 heteroatoms. The van der Waals surface area contributed by atoms with Crippen LogP contribution in [0.5, 0.6) is 17.2 Å². The maximum absolute atomic E-state index is 10.00. The molecule has 2 aromatic carbocycles. The molecule has 1 saturated heterocycles. The average molecular weight is 390 g/mol. The number of aromatic hydroxyl groups is 2. The summed E-state index contributed by atoms with van der Waals surface area (Å²) in [6.45, 7) is -0.529. The first-order chi connectivity index (χ1) is 13.4. The highest BCUT2D eigenvalue weighted by Crippen LogP contribution is 2.25. The van der Waals surface area contributed by atoms with E-state index < -0.39 is 37.3 Å². The quantitative estimate of drug-likeness (QED) is 0.405. The zero-order valence-electron chi connectivity index (χ0n) is 14.8. The first-order valence-corrected chi connectivity index (χ1v) is 8.65. The van der Waals surface area contributed by atoms with Gasteiger partial charge in [-0.2, -0.15) is 0 Å². The highest BCUT2D eigenvalue weighted by atomic mass is 16.7. The van der Waals surface area contributed by atoms with Crippen molar-refractivity contribution in [2.24, 2.45) is 0 Å². The van der Waals surface area contributed by atoms with Crippen LogP contribution in [0.2, 0.25) is 0 Å². The molecule has 0 aliphatic carbocycles. The summed E-state index contributed by atoms with van der Waals surface area (Å²) in [5.41, 5.74) is 1.43. The Kier molecular flexibility index (Phi) is 6.18. The van der Waals surface area contributed by atoms with Crippen LogP contribution in [0, 0.1) is 0 Å². The molecule has 1 heterocycles. The summed E-state index contributed by atoms with van der Waals surface area (Å²) in [6.07, 6.45) is -3.22. The predicted molar refractivity (Wildman–Crippen MR) is 99.5 cm³/mol. The molecule has 28 heavy (non-hydrogen) atoms. The maximum atomic E-state index is 10.00. The van der Waals surface area contributed by atoms with E-state index in [4.69, 9.17) is 9.47 Å². The van der Waals surface area contributed by atoms with E-state index in [0.29, 0.717) is 11.3 Å². The Labute approximate surface area is 161 Å². The standard InChI is InChI=1S/C20H22O8/c21-10-16-17(24)18(25)19(26)20(28-16)27-15-5-3-11(4-6-15)1-2-12-7-13(22)9-14(23)8-12/h1-9,16-26H,10H2/t16-,17+,18+,19-,20-/m1/s1. The molecular weight excluding hydrogens is 368 g/mol. The van der Waals surface area contributed by atoms with Crippen LogP contribution in [0.1, 0.15) is 11.1 Å². The van der Waals surface area contributed by atoms with E-state index in [1.54, 1.807) is 36.4 Å². The normalized spacial score (nSPS) is 27.8. The predicted octanol–water partition coefficient (Wildman–Crippen LogP) is 0.447. The van der Waals surface area contributed by atoms with Crippen molar-refractivity contribution in [2.45, 2.75) is 30.7 Å². The summed E-state index contributed by atoms with van der Waals surface area (Å²) in [5, 5.41) is 57.7. The number of benzene rings is 2. The molecule has 3 rings (SSSR count). The van der Waals surface area contributed by atoms with E-state index in [9.17, 15) is 30.6 Å². The highest BCUT2D eigenvalue weighted by Gasteiger charge is 2.44. The average Bonchev–Trinajstić information content (AvgIpc) is 2.67. The molecule has 1 aliphatic heterocycles. The van der Waals surface area contributed by atoms with Crippen LogP contribution in [-0.4, -0.2) is 68.0 Å². The molecule has 0 spiro atoms. The number of aliphatic hydroxyl groups is 4. The highest BCUT2D eigenvalue weighted by molar-refractivity contribution is 5.71. The third-order valence-electron chi connectivity index (χ3n) is 4.37. The Morgan fingerprint density at radius 1 is 0.821 bits per heavy atom. The minimum Gasteiger partial charge on any atom is -0.508 e. The van der Waals surface area contributed by atoms with Crippen molar-refractivity contribution in [3.63, 3.8) is 0 Å². The minimum atomic E-state index is -1.50. The molecule has 150 valence electrons. The minimum absolute atomic E-state index is 0.0390. The van der Waals surface area contributed by atoms with Crippen LogP contribution in [0.4, 0.5) is 0 Å². The van der Waals surface area contributed by atoms with Gasteiger partial charge in [0.05, 0.1) is 6.61 Å². The summed E-state index contributed by atoms with van der Waals surface area (Å²) in [5.74, 6) is 0.280. The summed E-state index contributed by atoms with van der Waals surface area (Å²) in [4.78, 5) is 0. The summed E-state index contributed by atoms with van der Waals surface area (Å²) in [7, 11) is 0. The zero-order chi connectivity index (χ0) is 20.3. The molecular formula is C20H22O8. The Morgan fingerprint density at radius 2 is 1.43 bits per heavy atom. The Hall–Kier alpha value is -2.62. The SMILES string of the molecule is OC[C@H]1O[C@@H](Oc2ccc(C=Cc3cc(O)cc(O)c3)cc2)[C@H](O)[C@@H](O)[C@H]1O. The van der Waals surface area contributed by atoms with E-state index in [0.717, 1.165) is 5.56 Å². The topological polar surface area (TPSA) is 140 Å². The molecule has 0 aromatic heterocycles. The third-order valence-corrected chi connectivity index (χ3v) is 4.37. The van der Waals surface area contributed by atoms with Gasteiger partial charge in [-0.3, -0.25) is 0 Å². The lowest BCUT2D eigenvalue weighted by Gasteiger charge is -2.39. The van der Waals surface area contributed by atoms with Gasteiger partial charge < -0.3 is 40.1 Å². The van der Waals surface area contributed by atoms with Gasteiger partial charge in [-0.15, -0.1) is 0 Å². The van der Waals surface area contributed by atoms with Gasteiger partial charge >= 0.3 is 0 Å². The molecule has 1 fully saturated rings. The van der Waals surface area contributed by atoms with Gasteiger partial charge in [-0.1, -0.05) is 24.3 Å². The second kappa shape index (κ2) is 8.59. The lowest BCUT2D eigenvalue weighted by atomic mass is 9.99. The molecule has 0 saturated carbocycles. The fourth-order valence-electron chi connectivity index (χ4n) is 2.86. The molecule has 0 amide bonds. The monoisotopic (exact) mass is 390 g/mol. The molecule has 1 aliphatic rings. The van der Waals surface area contributed by atoms with E-state index in [1.165, 1.54) is 18.2 Å². The second-order valence-corrected chi connectivity index (χ2v) is 6.50. The van der Waals surface area contributed by atoms with Gasteiger partial charge in [-0.25, -0.2) is 0 Å². The van der Waals surface area contributed by atoms with Gasteiger partial charge in [0, 0.05) is 6.07 Å². The number of phenolic OH excluding ortho intramolecular Hbond substituents is 2. The number of aliphatic hydroxyl groups excluding tert-OH is 4. The van der Waals surface area contributed by atoms with Crippen LogP contribution >= 0.6 is 0 Å². The van der Waals surface area contributed by atoms with Crippen molar-refractivity contribution in [1.29, 1.82) is 0 Å². The molecule has 2 aromatic rings. The van der Waals surface area contributed by atoms with Gasteiger partial charge in [0.2, 0.25) is 6.29 Å². The molecule has 0 bridgehead atoms. The van der Waals surface area contributed by atoms with E-state index in [2.05, 4.69) is 0 Å². The fraction of sp³-hybridized carbons (Fsp3) is 0.300. The molecule has 5 atom stereocenters. The number of rotatable bonds is 5. The van der Waals surface area contributed by atoms with Crippen molar-refractivity contribution in [1.82, 2.24) is 0 Å². The van der Waals surface area contributed by atoms with Gasteiger partial charge in [0.1, 0.15) is 41.7 Å². The van der Waals surface area contributed by atoms with Crippen LogP contribution in [0.15, 0.2) is 42.5 Å². The van der Waals surface area contributed by atoms with Gasteiger partial charge in [0.25, 0.3) is 0 Å². The molecule has 8 nitrogen and oxygen atoms in total. The lowest BCUT2D eigenvalue weighted by molar-refractivity contribution is -0.277. The van der Waals surface area contributed by atoms with Crippen molar-refractivity contribution in [3.05, 3.63) is 53.6 Å². The Balaban J connectivity index is 1.66. The number of ether oxygens (including phenoxy) is 2. The summed E-state index contributed by atoms with van der Waals surface area (Å²) < 4.78 is 10.8. The number of hydrogen-bond acceptors (Lipinski definition) is 8. The lowest BCUT2D eigenvalue weighted by Crippen LogP contribution is -2.60. The molecule has 6 N–H and O–H groups in total. The first-order valence-electron chi connectivity index (χ1n) is 8.65. The van der Waals surface area contributed by atoms with E-state index >= 15 is 0 Å². The second-order valence-electron chi connectivity index (χ2n) is 6.50. The van der Waals surface area contributed by atoms with Gasteiger partial charge in [-0.05, 0) is 35.4 Å². The van der Waals surface area contributed by atoms with Crippen molar-refractivity contribution in [2.75, 3.05) is 6.61 Å². The zero-order valence-corrected chi connectivity index (χ0v) is 14.8. The van der Waals surface area contributed by atoms with Crippen LogP contribution in [0.3, 0.4) is 0 Å². The van der Waals surface area contributed by atoms with Crippen LogP contribution < -0.4 is 4.74 Å². The molecule has 0 radical (unpaired) electrons. The smallest absolute Gasteiger partial charge is 0.229 e. The van der Waals surface area contributed by atoms with Crippen molar-refractivity contribution in [3.8, 4) is 17.2 Å². The van der Waals surface area contributed by atoms with Crippen LogP contribution in [0.25, 0.3) is 12.2 Å². The van der Waals surface area contributed by atoms with Crippen LogP contribution in [-0.2, 0) is 4.74 Å².